The molecule has 1 aromatic carbocycles. The van der Waals surface area contributed by atoms with E-state index in [0.717, 1.165) is 12.1 Å². The van der Waals surface area contributed by atoms with E-state index in [-0.39, 0.29) is 0 Å². The summed E-state index contributed by atoms with van der Waals surface area (Å²) in [5.74, 6) is 0.605. The number of hydrogen-bond acceptors (Lipinski definition) is 4. The van der Waals surface area contributed by atoms with Crippen LogP contribution in [0.25, 0.3) is 0 Å². The van der Waals surface area contributed by atoms with Crippen LogP contribution >= 0.6 is 11.6 Å². The molecule has 3 aromatic rings. The molecule has 0 aliphatic rings. The maximum atomic E-state index is 6.02. The lowest BCUT2D eigenvalue weighted by atomic mass is 10.1. The quantitative estimate of drug-likeness (QED) is 0.794. The van der Waals surface area contributed by atoms with E-state index in [1.807, 2.05) is 36.7 Å². The molecule has 3 rings (SSSR count). The number of nitrogens with one attached hydrogen (secondary N) is 1. The Kier molecular flexibility index (Phi) is 4.07. The topological polar surface area (TPSA) is 50.7 Å². The molecule has 0 saturated heterocycles. The van der Waals surface area contributed by atoms with Crippen LogP contribution in [0.1, 0.15) is 11.1 Å². The van der Waals surface area contributed by atoms with E-state index in [2.05, 4.69) is 32.4 Å². The van der Waals surface area contributed by atoms with Crippen LogP contribution < -0.4 is 5.32 Å². The molecule has 5 heteroatoms. The predicted octanol–water partition coefficient (Wildman–Crippen LogP) is 3.86. The van der Waals surface area contributed by atoms with Gasteiger partial charge in [0.2, 0.25) is 0 Å². The minimum atomic E-state index is 0.498. The van der Waals surface area contributed by atoms with Crippen LogP contribution in [0.4, 0.5) is 11.5 Å². The van der Waals surface area contributed by atoms with Gasteiger partial charge in [0, 0.05) is 18.1 Å². The molecular weight excluding hydrogens is 284 g/mol. The van der Waals surface area contributed by atoms with E-state index in [1.165, 1.54) is 17.5 Å². The van der Waals surface area contributed by atoms with Crippen LogP contribution in [0.5, 0.6) is 0 Å². The number of halogens is 1. The Morgan fingerprint density at radius 2 is 1.62 bits per heavy atom. The van der Waals surface area contributed by atoms with Gasteiger partial charge in [-0.15, -0.1) is 0 Å². The predicted molar refractivity (Wildman–Crippen MR) is 83.8 cm³/mol. The Balaban J connectivity index is 1.71. The third-order valence-electron chi connectivity index (χ3n) is 3.04. The first-order valence-electron chi connectivity index (χ1n) is 6.51. The van der Waals surface area contributed by atoms with Gasteiger partial charge in [0.15, 0.2) is 5.82 Å². The van der Waals surface area contributed by atoms with Gasteiger partial charge in [0.1, 0.15) is 11.3 Å². The van der Waals surface area contributed by atoms with Crippen molar-refractivity contribution >= 4 is 23.1 Å². The third kappa shape index (κ3) is 3.55. The van der Waals surface area contributed by atoms with Crippen molar-refractivity contribution in [3.63, 3.8) is 0 Å². The molecular formula is C16H13ClN4. The molecule has 0 bridgehead atoms. The van der Waals surface area contributed by atoms with Gasteiger partial charge in [0.05, 0.1) is 6.20 Å². The molecule has 2 heterocycles. The zero-order valence-electron chi connectivity index (χ0n) is 11.2. The Labute approximate surface area is 127 Å². The molecule has 104 valence electrons. The van der Waals surface area contributed by atoms with Crippen molar-refractivity contribution in [3.8, 4) is 0 Å². The molecule has 0 fully saturated rings. The van der Waals surface area contributed by atoms with Gasteiger partial charge in [-0.25, -0.2) is 9.97 Å². The summed E-state index contributed by atoms with van der Waals surface area (Å²) in [6.45, 7) is 0. The summed E-state index contributed by atoms with van der Waals surface area (Å²) in [5, 5.41) is 3.67. The lowest BCUT2D eigenvalue weighted by Crippen LogP contribution is -1.95. The Hall–Kier alpha value is -2.46. The number of anilines is 2. The molecule has 0 amide bonds. The van der Waals surface area contributed by atoms with Gasteiger partial charge in [-0.1, -0.05) is 23.7 Å². The van der Waals surface area contributed by atoms with Crippen LogP contribution in [0.3, 0.4) is 0 Å². The zero-order valence-corrected chi connectivity index (χ0v) is 12.0. The average molecular weight is 297 g/mol. The maximum Gasteiger partial charge on any atom is 0.152 e. The number of pyridine rings is 1. The molecule has 0 spiro atoms. The summed E-state index contributed by atoms with van der Waals surface area (Å²) in [7, 11) is 0. The highest BCUT2D eigenvalue weighted by Gasteiger charge is 2.02. The van der Waals surface area contributed by atoms with E-state index < -0.39 is 0 Å². The average Bonchev–Trinajstić information content (AvgIpc) is 2.52. The molecule has 0 saturated carbocycles. The normalized spacial score (nSPS) is 10.3. The lowest BCUT2D eigenvalue weighted by Gasteiger charge is -2.08. The summed E-state index contributed by atoms with van der Waals surface area (Å²) >= 11 is 6.02. The smallest absolute Gasteiger partial charge is 0.152 e. The molecule has 0 aliphatic carbocycles. The number of aromatic nitrogens is 3. The molecule has 2 aromatic heterocycles. The first-order valence-corrected chi connectivity index (χ1v) is 6.89. The largest absolute Gasteiger partial charge is 0.339 e. The fourth-order valence-electron chi connectivity index (χ4n) is 1.98. The van der Waals surface area contributed by atoms with Crippen molar-refractivity contribution in [2.45, 2.75) is 6.42 Å². The second-order valence-electron chi connectivity index (χ2n) is 4.57. The van der Waals surface area contributed by atoms with Gasteiger partial charge >= 0.3 is 0 Å². The van der Waals surface area contributed by atoms with Crippen molar-refractivity contribution in [2.75, 3.05) is 5.32 Å². The molecule has 4 nitrogen and oxygen atoms in total. The molecule has 0 unspecified atom stereocenters. The molecule has 21 heavy (non-hydrogen) atoms. The number of benzene rings is 1. The van der Waals surface area contributed by atoms with E-state index in [0.29, 0.717) is 10.8 Å². The Morgan fingerprint density at radius 3 is 2.33 bits per heavy atom. The van der Waals surface area contributed by atoms with Crippen LogP contribution in [0, 0.1) is 0 Å². The SMILES string of the molecule is Clc1cncnc1Nc1ccc(Cc2ccncc2)cc1. The van der Waals surface area contributed by atoms with Crippen LogP contribution in [0.15, 0.2) is 61.3 Å². The minimum absolute atomic E-state index is 0.498. The van der Waals surface area contributed by atoms with Crippen LogP contribution in [-0.4, -0.2) is 15.0 Å². The van der Waals surface area contributed by atoms with Crippen molar-refractivity contribution < 1.29 is 0 Å². The summed E-state index contributed by atoms with van der Waals surface area (Å²) in [4.78, 5) is 12.0. The van der Waals surface area contributed by atoms with Crippen LogP contribution in [0.2, 0.25) is 5.02 Å². The van der Waals surface area contributed by atoms with Crippen molar-refractivity contribution in [1.29, 1.82) is 0 Å². The zero-order chi connectivity index (χ0) is 14.5. The van der Waals surface area contributed by atoms with E-state index in [4.69, 9.17) is 11.6 Å². The van der Waals surface area contributed by atoms with Gasteiger partial charge in [-0.05, 0) is 41.8 Å². The molecule has 0 atom stereocenters. The number of rotatable bonds is 4. The van der Waals surface area contributed by atoms with Gasteiger partial charge in [-0.2, -0.15) is 0 Å². The maximum absolute atomic E-state index is 6.02. The lowest BCUT2D eigenvalue weighted by molar-refractivity contribution is 1.16. The minimum Gasteiger partial charge on any atom is -0.339 e. The third-order valence-corrected chi connectivity index (χ3v) is 3.32. The van der Waals surface area contributed by atoms with Crippen LogP contribution in [-0.2, 0) is 6.42 Å². The highest BCUT2D eigenvalue weighted by Crippen LogP contribution is 2.22. The summed E-state index contributed by atoms with van der Waals surface area (Å²) < 4.78 is 0. The first kappa shape index (κ1) is 13.5. The van der Waals surface area contributed by atoms with E-state index in [9.17, 15) is 0 Å². The summed E-state index contributed by atoms with van der Waals surface area (Å²) in [6.07, 6.45) is 7.53. The van der Waals surface area contributed by atoms with E-state index in [1.54, 1.807) is 6.20 Å². The highest BCUT2D eigenvalue weighted by atomic mass is 35.5. The first-order chi connectivity index (χ1) is 10.3. The van der Waals surface area contributed by atoms with Crippen molar-refractivity contribution in [1.82, 2.24) is 15.0 Å². The van der Waals surface area contributed by atoms with Gasteiger partial charge in [0.25, 0.3) is 0 Å². The fraction of sp³-hybridized carbons (Fsp3) is 0.0625. The Morgan fingerprint density at radius 1 is 0.905 bits per heavy atom. The second-order valence-corrected chi connectivity index (χ2v) is 4.98. The van der Waals surface area contributed by atoms with Gasteiger partial charge < -0.3 is 5.32 Å². The van der Waals surface area contributed by atoms with Crippen molar-refractivity contribution in [3.05, 3.63) is 77.5 Å². The second kappa shape index (κ2) is 6.33. The van der Waals surface area contributed by atoms with E-state index >= 15 is 0 Å². The van der Waals surface area contributed by atoms with Crippen molar-refractivity contribution in [2.24, 2.45) is 0 Å². The van der Waals surface area contributed by atoms with Gasteiger partial charge in [-0.3, -0.25) is 4.98 Å². The molecule has 0 radical (unpaired) electrons. The molecule has 0 aliphatic heterocycles. The standard InChI is InChI=1S/C16H13ClN4/c17-15-10-19-11-20-16(15)21-14-3-1-12(2-4-14)9-13-5-7-18-8-6-13/h1-8,10-11H,9H2,(H,19,20,21). The molecule has 1 N–H and O–H groups in total. The number of hydrogen-bond donors (Lipinski definition) is 1. The Bertz CT molecular complexity index is 714. The summed E-state index contributed by atoms with van der Waals surface area (Å²) in [5.41, 5.74) is 3.42. The highest BCUT2D eigenvalue weighted by molar-refractivity contribution is 6.32. The number of nitrogens with zero attached hydrogens (tertiary/aromatic N) is 3. The summed E-state index contributed by atoms with van der Waals surface area (Å²) in [6, 6.07) is 12.2. The fourth-order valence-corrected chi connectivity index (χ4v) is 2.14. The monoisotopic (exact) mass is 296 g/mol.